The number of imidazole rings is 1. The summed E-state index contributed by atoms with van der Waals surface area (Å²) in [7, 11) is 0. The van der Waals surface area contributed by atoms with E-state index in [4.69, 9.17) is 23.2 Å². The molecule has 0 aliphatic carbocycles. The first-order valence-corrected chi connectivity index (χ1v) is 8.49. The number of carbonyl (C=O) groups is 1. The maximum absolute atomic E-state index is 12.8. The average molecular weight is 362 g/mol. The van der Waals surface area contributed by atoms with E-state index in [2.05, 4.69) is 17.2 Å². The molecule has 0 bridgehead atoms. The lowest BCUT2D eigenvalue weighted by molar-refractivity contribution is 0.102. The van der Waals surface area contributed by atoms with Gasteiger partial charge in [0.15, 0.2) is 0 Å². The van der Waals surface area contributed by atoms with Gasteiger partial charge in [-0.1, -0.05) is 36.5 Å². The SMILES string of the molecule is CCCc1nc2cc(C)ccn2c1C(=O)Nc1ccc(Cl)c(Cl)c1. The molecule has 0 spiro atoms. The molecule has 0 saturated carbocycles. The number of hydrogen-bond acceptors (Lipinski definition) is 2. The van der Waals surface area contributed by atoms with E-state index in [1.165, 1.54) is 0 Å². The fourth-order valence-corrected chi connectivity index (χ4v) is 2.91. The third-order valence-electron chi connectivity index (χ3n) is 3.73. The van der Waals surface area contributed by atoms with Crippen LogP contribution in [0.15, 0.2) is 36.5 Å². The summed E-state index contributed by atoms with van der Waals surface area (Å²) in [6, 6.07) is 8.94. The molecule has 3 rings (SSSR count). The summed E-state index contributed by atoms with van der Waals surface area (Å²) in [6.45, 7) is 4.07. The molecular formula is C18H17Cl2N3O. The molecule has 24 heavy (non-hydrogen) atoms. The van der Waals surface area contributed by atoms with Crippen LogP contribution in [0, 0.1) is 6.92 Å². The number of rotatable bonds is 4. The smallest absolute Gasteiger partial charge is 0.274 e. The van der Waals surface area contributed by atoms with Crippen LogP contribution in [0.3, 0.4) is 0 Å². The number of anilines is 1. The molecule has 0 saturated heterocycles. The predicted molar refractivity (Wildman–Crippen MR) is 98.3 cm³/mol. The lowest BCUT2D eigenvalue weighted by Gasteiger charge is -2.08. The Bertz CT molecular complexity index is 918. The molecular weight excluding hydrogens is 345 g/mol. The van der Waals surface area contributed by atoms with E-state index in [-0.39, 0.29) is 5.91 Å². The molecule has 3 aromatic rings. The topological polar surface area (TPSA) is 46.4 Å². The Morgan fingerprint density at radius 1 is 1.21 bits per heavy atom. The van der Waals surface area contributed by atoms with Crippen molar-refractivity contribution in [3.63, 3.8) is 0 Å². The number of nitrogens with one attached hydrogen (secondary N) is 1. The zero-order valence-corrected chi connectivity index (χ0v) is 14.9. The van der Waals surface area contributed by atoms with Gasteiger partial charge in [-0.15, -0.1) is 0 Å². The summed E-state index contributed by atoms with van der Waals surface area (Å²) in [5.74, 6) is -0.215. The summed E-state index contributed by atoms with van der Waals surface area (Å²) in [4.78, 5) is 17.4. The van der Waals surface area contributed by atoms with Crippen molar-refractivity contribution >= 4 is 40.4 Å². The van der Waals surface area contributed by atoms with Gasteiger partial charge in [-0.05, 0) is 49.2 Å². The Labute approximate surface area is 150 Å². The Morgan fingerprint density at radius 2 is 2.00 bits per heavy atom. The number of fused-ring (bicyclic) bond motifs is 1. The minimum Gasteiger partial charge on any atom is -0.321 e. The first-order chi connectivity index (χ1) is 11.5. The van der Waals surface area contributed by atoms with Crippen molar-refractivity contribution in [3.8, 4) is 0 Å². The third kappa shape index (κ3) is 3.25. The highest BCUT2D eigenvalue weighted by Gasteiger charge is 2.19. The quantitative estimate of drug-likeness (QED) is 0.697. The molecule has 1 amide bonds. The maximum atomic E-state index is 12.8. The van der Waals surface area contributed by atoms with Gasteiger partial charge < -0.3 is 5.32 Å². The second-order valence-corrected chi connectivity index (χ2v) is 6.49. The van der Waals surface area contributed by atoms with Crippen molar-refractivity contribution in [1.82, 2.24) is 9.38 Å². The summed E-state index contributed by atoms with van der Waals surface area (Å²) in [5.41, 5.74) is 3.82. The summed E-state index contributed by atoms with van der Waals surface area (Å²) in [5, 5.41) is 3.73. The van der Waals surface area contributed by atoms with E-state index in [0.29, 0.717) is 21.4 Å². The van der Waals surface area contributed by atoms with Crippen LogP contribution in [0.5, 0.6) is 0 Å². The van der Waals surface area contributed by atoms with Crippen LogP contribution in [0.2, 0.25) is 10.0 Å². The molecule has 0 radical (unpaired) electrons. The van der Waals surface area contributed by atoms with E-state index in [1.54, 1.807) is 18.2 Å². The molecule has 1 aromatic carbocycles. The number of benzene rings is 1. The number of nitrogens with zero attached hydrogens (tertiary/aromatic N) is 2. The molecule has 2 aromatic heterocycles. The van der Waals surface area contributed by atoms with Crippen molar-refractivity contribution in [3.05, 3.63) is 63.5 Å². The van der Waals surface area contributed by atoms with E-state index in [1.807, 2.05) is 29.7 Å². The van der Waals surface area contributed by atoms with Gasteiger partial charge in [0.1, 0.15) is 11.3 Å². The minimum atomic E-state index is -0.215. The van der Waals surface area contributed by atoms with Gasteiger partial charge in [0.2, 0.25) is 0 Å². The average Bonchev–Trinajstić information content (AvgIpc) is 2.88. The van der Waals surface area contributed by atoms with Crippen LogP contribution in [0.25, 0.3) is 5.65 Å². The molecule has 2 heterocycles. The van der Waals surface area contributed by atoms with Gasteiger partial charge in [-0.3, -0.25) is 9.20 Å². The highest BCUT2D eigenvalue weighted by molar-refractivity contribution is 6.42. The van der Waals surface area contributed by atoms with Crippen molar-refractivity contribution in [2.75, 3.05) is 5.32 Å². The molecule has 0 unspecified atom stereocenters. The maximum Gasteiger partial charge on any atom is 0.274 e. The van der Waals surface area contributed by atoms with E-state index in [0.717, 1.165) is 29.7 Å². The Hall–Kier alpha value is -2.04. The minimum absolute atomic E-state index is 0.215. The predicted octanol–water partition coefficient (Wildman–Crippen LogP) is 5.15. The molecule has 1 N–H and O–H groups in total. The third-order valence-corrected chi connectivity index (χ3v) is 4.47. The van der Waals surface area contributed by atoms with Crippen LogP contribution in [0.1, 0.15) is 35.1 Å². The monoisotopic (exact) mass is 361 g/mol. The second kappa shape index (κ2) is 6.83. The van der Waals surface area contributed by atoms with Gasteiger partial charge >= 0.3 is 0 Å². The standard InChI is InChI=1S/C18H17Cl2N3O/c1-3-4-15-17(23-8-7-11(2)9-16(23)22-15)18(24)21-12-5-6-13(19)14(20)10-12/h5-10H,3-4H2,1-2H3,(H,21,24). The zero-order chi connectivity index (χ0) is 17.3. The summed E-state index contributed by atoms with van der Waals surface area (Å²) >= 11 is 11.9. The van der Waals surface area contributed by atoms with E-state index < -0.39 is 0 Å². The van der Waals surface area contributed by atoms with E-state index >= 15 is 0 Å². The normalized spacial score (nSPS) is 11.0. The summed E-state index contributed by atoms with van der Waals surface area (Å²) in [6.07, 6.45) is 3.53. The Kier molecular flexibility index (Phi) is 4.78. The van der Waals surface area contributed by atoms with Crippen molar-refractivity contribution in [2.24, 2.45) is 0 Å². The van der Waals surface area contributed by atoms with Crippen LogP contribution in [0.4, 0.5) is 5.69 Å². The first kappa shape index (κ1) is 16.8. The number of hydrogen-bond donors (Lipinski definition) is 1. The number of carbonyl (C=O) groups excluding carboxylic acids is 1. The fourth-order valence-electron chi connectivity index (χ4n) is 2.61. The largest absolute Gasteiger partial charge is 0.321 e. The van der Waals surface area contributed by atoms with Crippen LogP contribution >= 0.6 is 23.2 Å². The van der Waals surface area contributed by atoms with Crippen LogP contribution < -0.4 is 5.32 Å². The van der Waals surface area contributed by atoms with Gasteiger partial charge in [-0.25, -0.2) is 4.98 Å². The first-order valence-electron chi connectivity index (χ1n) is 7.73. The zero-order valence-electron chi connectivity index (χ0n) is 13.4. The molecule has 0 atom stereocenters. The summed E-state index contributed by atoms with van der Waals surface area (Å²) < 4.78 is 1.82. The van der Waals surface area contributed by atoms with Gasteiger partial charge in [0.05, 0.1) is 15.7 Å². The lowest BCUT2D eigenvalue weighted by atomic mass is 10.2. The highest BCUT2D eigenvalue weighted by atomic mass is 35.5. The Balaban J connectivity index is 2.01. The van der Waals surface area contributed by atoms with Crippen molar-refractivity contribution in [2.45, 2.75) is 26.7 Å². The number of aromatic nitrogens is 2. The highest BCUT2D eigenvalue weighted by Crippen LogP contribution is 2.26. The second-order valence-electron chi connectivity index (χ2n) is 5.67. The van der Waals surface area contributed by atoms with Gasteiger partial charge in [0, 0.05) is 11.9 Å². The number of pyridine rings is 1. The number of aryl methyl sites for hydroxylation is 2. The number of amides is 1. The lowest BCUT2D eigenvalue weighted by Crippen LogP contribution is -2.16. The molecule has 0 fully saturated rings. The van der Waals surface area contributed by atoms with Crippen LogP contribution in [-0.2, 0) is 6.42 Å². The van der Waals surface area contributed by atoms with Crippen molar-refractivity contribution in [1.29, 1.82) is 0 Å². The van der Waals surface area contributed by atoms with Gasteiger partial charge in [-0.2, -0.15) is 0 Å². The number of halogens is 2. The van der Waals surface area contributed by atoms with Crippen LogP contribution in [-0.4, -0.2) is 15.3 Å². The molecule has 0 aliphatic heterocycles. The fraction of sp³-hybridized carbons (Fsp3) is 0.222. The van der Waals surface area contributed by atoms with E-state index in [9.17, 15) is 4.79 Å². The molecule has 4 nitrogen and oxygen atoms in total. The Morgan fingerprint density at radius 3 is 2.71 bits per heavy atom. The van der Waals surface area contributed by atoms with Crippen molar-refractivity contribution < 1.29 is 4.79 Å². The molecule has 6 heteroatoms. The van der Waals surface area contributed by atoms with Gasteiger partial charge in [0.25, 0.3) is 5.91 Å². The molecule has 0 aliphatic rings. The molecule has 124 valence electrons.